The van der Waals surface area contributed by atoms with Crippen molar-refractivity contribution in [1.29, 1.82) is 0 Å². The maximum atomic E-state index is 5.64. The van der Waals surface area contributed by atoms with Crippen LogP contribution in [0.25, 0.3) is 0 Å². The van der Waals surface area contributed by atoms with Gasteiger partial charge in [0.2, 0.25) is 0 Å². The molecule has 1 N–H and O–H groups in total. The molecule has 1 fully saturated rings. The second kappa shape index (κ2) is 7.42. The lowest BCUT2D eigenvalue weighted by molar-refractivity contribution is 0.103. The maximum absolute atomic E-state index is 5.64. The topological polar surface area (TPSA) is 21.3 Å². The third-order valence-electron chi connectivity index (χ3n) is 3.58. The average Bonchev–Trinajstić information content (AvgIpc) is 2.90. The van der Waals surface area contributed by atoms with Crippen LogP contribution in [0, 0.1) is 0 Å². The Kier molecular flexibility index (Phi) is 5.53. The van der Waals surface area contributed by atoms with Gasteiger partial charge in [-0.1, -0.05) is 31.5 Å². The summed E-state index contributed by atoms with van der Waals surface area (Å²) < 4.78 is 5.64. The predicted octanol–water partition coefficient (Wildman–Crippen LogP) is 4.01. The minimum atomic E-state index is 0.526. The second-order valence-corrected chi connectivity index (χ2v) is 5.11. The normalized spacial score (nSPS) is 19.1. The zero-order chi connectivity index (χ0) is 12.6. The molecule has 1 atom stereocenters. The summed E-state index contributed by atoms with van der Waals surface area (Å²) in [6.45, 7) is 4.26. The van der Waals surface area contributed by atoms with Gasteiger partial charge in [-0.05, 0) is 43.7 Å². The van der Waals surface area contributed by atoms with E-state index in [2.05, 4.69) is 36.5 Å². The molecule has 0 aromatic heterocycles. The van der Waals surface area contributed by atoms with Gasteiger partial charge in [0.1, 0.15) is 0 Å². The van der Waals surface area contributed by atoms with Crippen LogP contribution in [0.1, 0.15) is 44.6 Å². The lowest BCUT2D eigenvalue weighted by Crippen LogP contribution is -2.09. The van der Waals surface area contributed by atoms with Crippen molar-refractivity contribution in [2.24, 2.45) is 0 Å². The highest BCUT2D eigenvalue weighted by atomic mass is 16.5. The molecule has 0 radical (unpaired) electrons. The number of nitrogens with one attached hydrogen (secondary N) is 1. The van der Waals surface area contributed by atoms with Crippen LogP contribution in [0.5, 0.6) is 0 Å². The molecular weight excluding hydrogens is 222 g/mol. The Morgan fingerprint density at radius 3 is 3.00 bits per heavy atom. The lowest BCUT2D eigenvalue weighted by Gasteiger charge is -2.13. The van der Waals surface area contributed by atoms with Crippen molar-refractivity contribution in [1.82, 2.24) is 0 Å². The van der Waals surface area contributed by atoms with Crippen LogP contribution >= 0.6 is 0 Å². The molecule has 1 aromatic rings. The SMILES string of the molecule is CCCc1ccccc1NCCCC1CCCO1. The second-order valence-electron chi connectivity index (χ2n) is 5.11. The molecule has 0 bridgehead atoms. The van der Waals surface area contributed by atoms with Gasteiger partial charge in [0.15, 0.2) is 0 Å². The first kappa shape index (κ1) is 13.4. The van der Waals surface area contributed by atoms with Crippen molar-refractivity contribution in [3.05, 3.63) is 29.8 Å². The Bertz CT molecular complexity index is 345. The summed E-state index contributed by atoms with van der Waals surface area (Å²) in [4.78, 5) is 0. The molecule has 0 spiro atoms. The number of hydrogen-bond acceptors (Lipinski definition) is 2. The highest BCUT2D eigenvalue weighted by Gasteiger charge is 2.14. The molecule has 2 heteroatoms. The summed E-state index contributed by atoms with van der Waals surface area (Å²) in [5.74, 6) is 0. The first-order chi connectivity index (χ1) is 8.90. The molecule has 1 aromatic carbocycles. The Labute approximate surface area is 111 Å². The van der Waals surface area contributed by atoms with Gasteiger partial charge in [0, 0.05) is 18.8 Å². The molecule has 18 heavy (non-hydrogen) atoms. The Balaban J connectivity index is 1.72. The van der Waals surface area contributed by atoms with Crippen molar-refractivity contribution in [2.45, 2.75) is 51.6 Å². The van der Waals surface area contributed by atoms with Gasteiger partial charge >= 0.3 is 0 Å². The molecule has 1 aliphatic heterocycles. The number of benzene rings is 1. The van der Waals surface area contributed by atoms with Crippen LogP contribution in [0.4, 0.5) is 5.69 Å². The standard InChI is InChI=1S/C16H25NO/c1-2-7-14-8-3-4-11-16(14)17-12-5-9-15-10-6-13-18-15/h3-4,8,11,15,17H,2,5-7,9-10,12-13H2,1H3. The van der Waals surface area contributed by atoms with Gasteiger partial charge in [0.25, 0.3) is 0 Å². The molecule has 1 aliphatic rings. The van der Waals surface area contributed by atoms with Gasteiger partial charge in [-0.3, -0.25) is 0 Å². The van der Waals surface area contributed by atoms with Crippen molar-refractivity contribution < 1.29 is 4.74 Å². The molecule has 2 nitrogen and oxygen atoms in total. The van der Waals surface area contributed by atoms with Gasteiger partial charge < -0.3 is 10.1 Å². The fraction of sp³-hybridized carbons (Fsp3) is 0.625. The van der Waals surface area contributed by atoms with Gasteiger partial charge in [-0.25, -0.2) is 0 Å². The van der Waals surface area contributed by atoms with E-state index < -0.39 is 0 Å². The van der Waals surface area contributed by atoms with Crippen LogP contribution < -0.4 is 5.32 Å². The van der Waals surface area contributed by atoms with Crippen LogP contribution in [0.15, 0.2) is 24.3 Å². The molecule has 0 aliphatic carbocycles. The van der Waals surface area contributed by atoms with Crippen LogP contribution in [-0.4, -0.2) is 19.3 Å². The van der Waals surface area contributed by atoms with E-state index in [1.807, 2.05) is 0 Å². The Morgan fingerprint density at radius 1 is 1.33 bits per heavy atom. The summed E-state index contributed by atoms with van der Waals surface area (Å²) in [5, 5.41) is 3.57. The van der Waals surface area contributed by atoms with E-state index in [4.69, 9.17) is 4.74 Å². The molecular formula is C16H25NO. The van der Waals surface area contributed by atoms with Crippen molar-refractivity contribution >= 4 is 5.69 Å². The molecule has 0 saturated carbocycles. The summed E-state index contributed by atoms with van der Waals surface area (Å²) in [6, 6.07) is 8.66. The van der Waals surface area contributed by atoms with E-state index >= 15 is 0 Å². The molecule has 2 rings (SSSR count). The quantitative estimate of drug-likeness (QED) is 0.735. The minimum absolute atomic E-state index is 0.526. The fourth-order valence-electron chi connectivity index (χ4n) is 2.60. The van der Waals surface area contributed by atoms with Crippen molar-refractivity contribution in [3.63, 3.8) is 0 Å². The number of para-hydroxylation sites is 1. The average molecular weight is 247 g/mol. The number of anilines is 1. The van der Waals surface area contributed by atoms with E-state index in [0.29, 0.717) is 6.10 Å². The maximum Gasteiger partial charge on any atom is 0.0576 e. The third kappa shape index (κ3) is 4.02. The van der Waals surface area contributed by atoms with Gasteiger partial charge in [-0.15, -0.1) is 0 Å². The predicted molar refractivity (Wildman–Crippen MR) is 77.1 cm³/mol. The van der Waals surface area contributed by atoms with E-state index in [1.54, 1.807) is 0 Å². The van der Waals surface area contributed by atoms with Crippen molar-refractivity contribution in [2.75, 3.05) is 18.5 Å². The molecule has 1 saturated heterocycles. The van der Waals surface area contributed by atoms with E-state index in [1.165, 1.54) is 43.4 Å². The van der Waals surface area contributed by atoms with Crippen molar-refractivity contribution in [3.8, 4) is 0 Å². The molecule has 0 amide bonds. The number of aryl methyl sites for hydroxylation is 1. The van der Waals surface area contributed by atoms with Crippen LogP contribution in [0.3, 0.4) is 0 Å². The zero-order valence-corrected chi connectivity index (χ0v) is 11.5. The van der Waals surface area contributed by atoms with E-state index in [-0.39, 0.29) is 0 Å². The minimum Gasteiger partial charge on any atom is -0.385 e. The number of rotatable bonds is 7. The molecule has 1 unspecified atom stereocenters. The Hall–Kier alpha value is -1.02. The van der Waals surface area contributed by atoms with Crippen LogP contribution in [-0.2, 0) is 11.2 Å². The highest BCUT2D eigenvalue weighted by molar-refractivity contribution is 5.51. The number of hydrogen-bond donors (Lipinski definition) is 1. The number of ether oxygens (including phenoxy) is 1. The Morgan fingerprint density at radius 2 is 2.22 bits per heavy atom. The zero-order valence-electron chi connectivity index (χ0n) is 11.5. The molecule has 1 heterocycles. The van der Waals surface area contributed by atoms with Crippen LogP contribution in [0.2, 0.25) is 0 Å². The van der Waals surface area contributed by atoms with Gasteiger partial charge in [0.05, 0.1) is 6.10 Å². The first-order valence-corrected chi connectivity index (χ1v) is 7.33. The monoisotopic (exact) mass is 247 g/mol. The first-order valence-electron chi connectivity index (χ1n) is 7.33. The third-order valence-corrected chi connectivity index (χ3v) is 3.58. The lowest BCUT2D eigenvalue weighted by atomic mass is 10.1. The fourth-order valence-corrected chi connectivity index (χ4v) is 2.60. The molecule has 100 valence electrons. The summed E-state index contributed by atoms with van der Waals surface area (Å²) in [6.07, 6.45) is 7.79. The smallest absolute Gasteiger partial charge is 0.0576 e. The van der Waals surface area contributed by atoms with Gasteiger partial charge in [-0.2, -0.15) is 0 Å². The summed E-state index contributed by atoms with van der Waals surface area (Å²) >= 11 is 0. The highest BCUT2D eigenvalue weighted by Crippen LogP contribution is 2.19. The summed E-state index contributed by atoms with van der Waals surface area (Å²) in [5.41, 5.74) is 2.75. The largest absolute Gasteiger partial charge is 0.385 e. The summed E-state index contributed by atoms with van der Waals surface area (Å²) in [7, 11) is 0. The van der Waals surface area contributed by atoms with E-state index in [0.717, 1.165) is 19.6 Å². The van der Waals surface area contributed by atoms with E-state index in [9.17, 15) is 0 Å².